The maximum atomic E-state index is 12.1. The van der Waals surface area contributed by atoms with Gasteiger partial charge in [-0.1, -0.05) is 38.1 Å². The molecule has 1 aliphatic rings. The third-order valence-electron chi connectivity index (χ3n) is 3.65. The van der Waals surface area contributed by atoms with Gasteiger partial charge >= 0.3 is 0 Å². The molecule has 2 unspecified atom stereocenters. The fourth-order valence-electron chi connectivity index (χ4n) is 2.61. The Kier molecular flexibility index (Phi) is 5.15. The van der Waals surface area contributed by atoms with Crippen molar-refractivity contribution < 1.29 is 9.90 Å². The number of benzene rings is 1. The van der Waals surface area contributed by atoms with Gasteiger partial charge < -0.3 is 15.7 Å². The van der Waals surface area contributed by atoms with Gasteiger partial charge in [-0.05, 0) is 29.9 Å². The third-order valence-corrected chi connectivity index (χ3v) is 3.65. The first-order valence-electron chi connectivity index (χ1n) is 7.32. The van der Waals surface area contributed by atoms with Crippen LogP contribution in [-0.4, -0.2) is 29.7 Å². The number of hydrogen-bond donors (Lipinski definition) is 3. The predicted octanol–water partition coefficient (Wildman–Crippen LogP) is 1.22. The molecule has 1 aromatic rings. The van der Waals surface area contributed by atoms with Gasteiger partial charge in [0.1, 0.15) is 0 Å². The van der Waals surface area contributed by atoms with Gasteiger partial charge in [-0.3, -0.25) is 4.79 Å². The number of carbonyl (C=O) groups is 1. The normalized spacial score (nSPS) is 19.5. The summed E-state index contributed by atoms with van der Waals surface area (Å²) in [6.45, 7) is 5.18. The molecule has 110 valence electrons. The van der Waals surface area contributed by atoms with E-state index in [1.807, 2.05) is 12.1 Å². The number of fused-ring (bicyclic) bond motifs is 1. The zero-order valence-electron chi connectivity index (χ0n) is 12.2. The molecule has 4 nitrogen and oxygen atoms in total. The number of carbonyl (C=O) groups excluding carboxylic acids is 1. The minimum absolute atomic E-state index is 0.0256. The number of nitrogens with one attached hydrogen (secondary N) is 2. The van der Waals surface area contributed by atoms with E-state index >= 15 is 0 Å². The van der Waals surface area contributed by atoms with E-state index in [9.17, 15) is 9.90 Å². The molecule has 0 spiro atoms. The highest BCUT2D eigenvalue weighted by Gasteiger charge is 2.24. The van der Waals surface area contributed by atoms with E-state index in [0.29, 0.717) is 25.3 Å². The third kappa shape index (κ3) is 4.05. The SMILES string of the molecule is CC(C)CC(O)CNC(=O)C1Cc2ccccc2CN1. The summed E-state index contributed by atoms with van der Waals surface area (Å²) < 4.78 is 0. The summed E-state index contributed by atoms with van der Waals surface area (Å²) in [5, 5.41) is 15.9. The van der Waals surface area contributed by atoms with Crippen molar-refractivity contribution in [2.75, 3.05) is 6.54 Å². The van der Waals surface area contributed by atoms with Crippen LogP contribution in [0, 0.1) is 5.92 Å². The Balaban J connectivity index is 1.83. The summed E-state index contributed by atoms with van der Waals surface area (Å²) >= 11 is 0. The molecule has 0 saturated heterocycles. The number of hydrogen-bond acceptors (Lipinski definition) is 3. The molecule has 1 aliphatic heterocycles. The molecule has 1 amide bonds. The van der Waals surface area contributed by atoms with Gasteiger partial charge in [0.05, 0.1) is 12.1 Å². The average Bonchev–Trinajstić information content (AvgIpc) is 2.43. The molecule has 1 aromatic carbocycles. The highest BCUT2D eigenvalue weighted by atomic mass is 16.3. The zero-order chi connectivity index (χ0) is 14.5. The fraction of sp³-hybridized carbons (Fsp3) is 0.562. The summed E-state index contributed by atoms with van der Waals surface area (Å²) in [6, 6.07) is 7.98. The first-order chi connectivity index (χ1) is 9.56. The van der Waals surface area contributed by atoms with Crippen LogP contribution in [0.2, 0.25) is 0 Å². The second-order valence-electron chi connectivity index (χ2n) is 5.93. The van der Waals surface area contributed by atoms with Crippen LogP contribution in [0.4, 0.5) is 0 Å². The summed E-state index contributed by atoms with van der Waals surface area (Å²) in [6.07, 6.45) is 0.957. The van der Waals surface area contributed by atoms with Crippen molar-refractivity contribution in [1.82, 2.24) is 10.6 Å². The quantitative estimate of drug-likeness (QED) is 0.758. The van der Waals surface area contributed by atoms with Crippen LogP contribution in [0.3, 0.4) is 0 Å². The molecule has 0 radical (unpaired) electrons. The van der Waals surface area contributed by atoms with Gasteiger partial charge in [0, 0.05) is 13.1 Å². The van der Waals surface area contributed by atoms with Crippen LogP contribution in [0.5, 0.6) is 0 Å². The zero-order valence-corrected chi connectivity index (χ0v) is 12.2. The monoisotopic (exact) mass is 276 g/mol. The molecule has 2 rings (SSSR count). The van der Waals surface area contributed by atoms with E-state index in [1.54, 1.807) is 0 Å². The van der Waals surface area contributed by atoms with Crippen molar-refractivity contribution in [3.05, 3.63) is 35.4 Å². The predicted molar refractivity (Wildman–Crippen MR) is 79.2 cm³/mol. The largest absolute Gasteiger partial charge is 0.391 e. The second kappa shape index (κ2) is 6.86. The minimum Gasteiger partial charge on any atom is -0.391 e. The van der Waals surface area contributed by atoms with Crippen molar-refractivity contribution in [2.24, 2.45) is 5.92 Å². The number of amides is 1. The molecule has 0 aliphatic carbocycles. The maximum absolute atomic E-state index is 12.1. The standard InChI is InChI=1S/C16H24N2O2/c1-11(2)7-14(19)10-18-16(20)15-8-12-5-3-4-6-13(12)9-17-15/h3-6,11,14-15,17,19H,7-10H2,1-2H3,(H,18,20). The van der Waals surface area contributed by atoms with Gasteiger partial charge in [0.25, 0.3) is 0 Å². The van der Waals surface area contributed by atoms with Crippen molar-refractivity contribution in [1.29, 1.82) is 0 Å². The summed E-state index contributed by atoms with van der Waals surface area (Å²) in [5.41, 5.74) is 2.49. The number of aliphatic hydroxyl groups excluding tert-OH is 1. The molecule has 0 fully saturated rings. The molecular weight excluding hydrogens is 252 g/mol. The van der Waals surface area contributed by atoms with E-state index in [2.05, 4.69) is 36.6 Å². The lowest BCUT2D eigenvalue weighted by molar-refractivity contribution is -0.123. The molecule has 1 heterocycles. The van der Waals surface area contributed by atoms with Crippen LogP contribution < -0.4 is 10.6 Å². The van der Waals surface area contributed by atoms with Crippen LogP contribution >= 0.6 is 0 Å². The van der Waals surface area contributed by atoms with Gasteiger partial charge in [-0.15, -0.1) is 0 Å². The molecule has 0 bridgehead atoms. The van der Waals surface area contributed by atoms with E-state index < -0.39 is 6.10 Å². The van der Waals surface area contributed by atoms with E-state index in [1.165, 1.54) is 11.1 Å². The van der Waals surface area contributed by atoms with E-state index in [0.717, 1.165) is 6.54 Å². The van der Waals surface area contributed by atoms with Gasteiger partial charge in [-0.2, -0.15) is 0 Å². The first kappa shape index (κ1) is 15.0. The topological polar surface area (TPSA) is 61.4 Å². The average molecular weight is 276 g/mol. The second-order valence-corrected chi connectivity index (χ2v) is 5.93. The Morgan fingerprint density at radius 3 is 2.80 bits per heavy atom. The Morgan fingerprint density at radius 2 is 2.10 bits per heavy atom. The summed E-state index contributed by atoms with van der Waals surface area (Å²) in [4.78, 5) is 12.1. The number of rotatable bonds is 5. The highest BCUT2D eigenvalue weighted by molar-refractivity contribution is 5.82. The fourth-order valence-corrected chi connectivity index (χ4v) is 2.61. The van der Waals surface area contributed by atoms with Gasteiger partial charge in [0.2, 0.25) is 5.91 Å². The molecule has 0 saturated carbocycles. The van der Waals surface area contributed by atoms with Crippen LogP contribution in [-0.2, 0) is 17.8 Å². The Labute approximate surface area is 120 Å². The van der Waals surface area contributed by atoms with Crippen molar-refractivity contribution in [3.63, 3.8) is 0 Å². The first-order valence-corrected chi connectivity index (χ1v) is 7.32. The van der Waals surface area contributed by atoms with Crippen molar-refractivity contribution in [3.8, 4) is 0 Å². The number of aliphatic hydroxyl groups is 1. The van der Waals surface area contributed by atoms with Crippen molar-refractivity contribution >= 4 is 5.91 Å². The lowest BCUT2D eigenvalue weighted by Gasteiger charge is -2.25. The van der Waals surface area contributed by atoms with Crippen molar-refractivity contribution in [2.45, 2.75) is 45.4 Å². The minimum atomic E-state index is -0.463. The van der Waals surface area contributed by atoms with Crippen LogP contribution in [0.15, 0.2) is 24.3 Å². The smallest absolute Gasteiger partial charge is 0.237 e. The van der Waals surface area contributed by atoms with Crippen LogP contribution in [0.1, 0.15) is 31.4 Å². The Morgan fingerprint density at radius 1 is 1.40 bits per heavy atom. The summed E-state index contributed by atoms with van der Waals surface area (Å²) in [5.74, 6) is 0.406. The molecule has 3 N–H and O–H groups in total. The Bertz CT molecular complexity index is 460. The molecular formula is C16H24N2O2. The summed E-state index contributed by atoms with van der Waals surface area (Å²) in [7, 11) is 0. The van der Waals surface area contributed by atoms with E-state index in [4.69, 9.17) is 0 Å². The lowest BCUT2D eigenvalue weighted by atomic mass is 9.95. The van der Waals surface area contributed by atoms with E-state index in [-0.39, 0.29) is 11.9 Å². The van der Waals surface area contributed by atoms with Crippen LogP contribution in [0.25, 0.3) is 0 Å². The molecule has 20 heavy (non-hydrogen) atoms. The highest BCUT2D eigenvalue weighted by Crippen LogP contribution is 2.16. The van der Waals surface area contributed by atoms with Gasteiger partial charge in [0.15, 0.2) is 0 Å². The Hall–Kier alpha value is -1.39. The van der Waals surface area contributed by atoms with Gasteiger partial charge in [-0.25, -0.2) is 0 Å². The molecule has 0 aromatic heterocycles. The molecule has 2 atom stereocenters. The molecule has 4 heteroatoms. The lowest BCUT2D eigenvalue weighted by Crippen LogP contribution is -2.49. The maximum Gasteiger partial charge on any atom is 0.237 e.